The fourth-order valence-electron chi connectivity index (χ4n) is 3.50. The lowest BCUT2D eigenvalue weighted by Gasteiger charge is -2.30. The first-order valence-corrected chi connectivity index (χ1v) is 11.1. The zero-order chi connectivity index (χ0) is 21.1. The molecule has 3 aromatic rings. The molecule has 0 aliphatic carbocycles. The Kier molecular flexibility index (Phi) is 5.85. The van der Waals surface area contributed by atoms with Crippen LogP contribution in [0.5, 0.6) is 0 Å². The molecule has 2 aromatic heterocycles. The Labute approximate surface area is 174 Å². The number of pyridine rings is 1. The van der Waals surface area contributed by atoms with E-state index in [0.717, 1.165) is 10.9 Å². The third kappa shape index (κ3) is 4.23. The Hall–Kier alpha value is -2.75. The molecule has 3 heterocycles. The maximum Gasteiger partial charge on any atom is 0.287 e. The van der Waals surface area contributed by atoms with E-state index in [-0.39, 0.29) is 29.2 Å². The average molecular weight is 429 g/mol. The van der Waals surface area contributed by atoms with Crippen LogP contribution < -0.4 is 5.32 Å². The minimum absolute atomic E-state index is 0.116. The van der Waals surface area contributed by atoms with Gasteiger partial charge < -0.3 is 14.5 Å². The number of furan rings is 1. The van der Waals surface area contributed by atoms with Crippen molar-refractivity contribution in [1.29, 1.82) is 0 Å². The third-order valence-electron chi connectivity index (χ3n) is 5.30. The van der Waals surface area contributed by atoms with Gasteiger partial charge >= 0.3 is 0 Å². The van der Waals surface area contributed by atoms with Crippen LogP contribution in [0.25, 0.3) is 11.0 Å². The predicted octanol–water partition coefficient (Wildman–Crippen LogP) is 2.56. The smallest absolute Gasteiger partial charge is 0.287 e. The maximum absolute atomic E-state index is 12.8. The minimum Gasteiger partial charge on any atom is -0.449 e. The number of carbonyl (C=O) groups excluding carboxylic acids is 1. The van der Waals surface area contributed by atoms with Crippen LogP contribution >= 0.6 is 0 Å². The Morgan fingerprint density at radius 3 is 2.63 bits per heavy atom. The number of hydrogen-bond acceptors (Lipinski definition) is 6. The summed E-state index contributed by atoms with van der Waals surface area (Å²) in [6.45, 7) is 1.16. The number of carbonyl (C=O) groups is 1. The Morgan fingerprint density at radius 2 is 1.97 bits per heavy atom. The van der Waals surface area contributed by atoms with Gasteiger partial charge in [0.05, 0.1) is 17.2 Å². The van der Waals surface area contributed by atoms with Crippen molar-refractivity contribution in [1.82, 2.24) is 14.6 Å². The molecule has 4 rings (SSSR count). The monoisotopic (exact) mass is 429 g/mol. The number of fused-ring (bicyclic) bond motifs is 1. The summed E-state index contributed by atoms with van der Waals surface area (Å²) < 4.78 is 38.0. The van der Waals surface area contributed by atoms with Crippen molar-refractivity contribution in [3.8, 4) is 0 Å². The molecule has 1 aliphatic heterocycles. The second kappa shape index (κ2) is 8.55. The highest BCUT2D eigenvalue weighted by Gasteiger charge is 2.29. The van der Waals surface area contributed by atoms with Gasteiger partial charge in [0.15, 0.2) is 11.3 Å². The number of amides is 1. The second-order valence-corrected chi connectivity index (χ2v) is 9.13. The summed E-state index contributed by atoms with van der Waals surface area (Å²) in [5.41, 5.74) is 1.34. The molecule has 8 nitrogen and oxygen atoms in total. The van der Waals surface area contributed by atoms with E-state index in [0.29, 0.717) is 31.5 Å². The molecule has 30 heavy (non-hydrogen) atoms. The van der Waals surface area contributed by atoms with Crippen molar-refractivity contribution in [2.45, 2.75) is 30.4 Å². The summed E-state index contributed by atoms with van der Waals surface area (Å²) in [5, 5.41) is 3.59. The standard InChI is InChI=1S/C21H23N3O5S/c1-28-17-7-10-24(11-8-17)30(26,27)18-4-2-15(3-5-18)13-23-21(25)19-12-16-6-9-22-14-20(16)29-19/h2-6,9,12,14,17H,7-8,10-11,13H2,1H3,(H,23,25). The zero-order valence-electron chi connectivity index (χ0n) is 16.6. The summed E-state index contributed by atoms with van der Waals surface area (Å²) in [5.74, 6) is -0.138. The van der Waals surface area contributed by atoms with Gasteiger partial charge in [0, 0.05) is 38.3 Å². The first kappa shape index (κ1) is 20.5. The van der Waals surface area contributed by atoms with Gasteiger partial charge in [-0.25, -0.2) is 8.42 Å². The number of benzene rings is 1. The number of sulfonamides is 1. The number of nitrogens with one attached hydrogen (secondary N) is 1. The lowest BCUT2D eigenvalue weighted by molar-refractivity contribution is 0.0604. The predicted molar refractivity (Wildman–Crippen MR) is 110 cm³/mol. The molecule has 1 N–H and O–H groups in total. The highest BCUT2D eigenvalue weighted by Crippen LogP contribution is 2.22. The van der Waals surface area contributed by atoms with E-state index in [2.05, 4.69) is 10.3 Å². The molecule has 9 heteroatoms. The third-order valence-corrected chi connectivity index (χ3v) is 7.21. The second-order valence-electron chi connectivity index (χ2n) is 7.19. The average Bonchev–Trinajstić information content (AvgIpc) is 3.22. The van der Waals surface area contributed by atoms with E-state index in [4.69, 9.17) is 9.15 Å². The zero-order valence-corrected chi connectivity index (χ0v) is 17.4. The Morgan fingerprint density at radius 1 is 1.23 bits per heavy atom. The molecule has 158 valence electrons. The molecule has 1 aliphatic rings. The molecule has 0 unspecified atom stereocenters. The fraction of sp³-hybridized carbons (Fsp3) is 0.333. The first-order chi connectivity index (χ1) is 14.5. The maximum atomic E-state index is 12.8. The number of ether oxygens (including phenoxy) is 1. The summed E-state index contributed by atoms with van der Waals surface area (Å²) in [6.07, 6.45) is 4.69. The van der Waals surface area contributed by atoms with E-state index in [1.165, 1.54) is 4.31 Å². The molecule has 1 fully saturated rings. The molecule has 0 bridgehead atoms. The van der Waals surface area contributed by atoms with E-state index in [1.54, 1.807) is 55.9 Å². The van der Waals surface area contributed by atoms with Gasteiger partial charge in [0.1, 0.15) is 0 Å². The summed E-state index contributed by atoms with van der Waals surface area (Å²) in [4.78, 5) is 16.5. The molecule has 1 saturated heterocycles. The van der Waals surface area contributed by atoms with Crippen LogP contribution in [-0.4, -0.2) is 49.9 Å². The highest BCUT2D eigenvalue weighted by molar-refractivity contribution is 7.89. The Bertz CT molecular complexity index is 1100. The van der Waals surface area contributed by atoms with Crippen molar-refractivity contribution in [3.63, 3.8) is 0 Å². The van der Waals surface area contributed by atoms with E-state index in [9.17, 15) is 13.2 Å². The topological polar surface area (TPSA) is 102 Å². The van der Waals surface area contributed by atoms with Gasteiger partial charge in [0.25, 0.3) is 5.91 Å². The summed E-state index contributed by atoms with van der Waals surface area (Å²) in [7, 11) is -1.88. The molecule has 1 amide bonds. The van der Waals surface area contributed by atoms with Crippen LogP contribution in [-0.2, 0) is 21.3 Å². The van der Waals surface area contributed by atoms with Crippen molar-refractivity contribution >= 4 is 26.9 Å². The quantitative estimate of drug-likeness (QED) is 0.646. The molecule has 1 aromatic carbocycles. The van der Waals surface area contributed by atoms with Gasteiger partial charge in [-0.15, -0.1) is 0 Å². The molecule has 0 atom stereocenters. The lowest BCUT2D eigenvalue weighted by atomic mass is 10.1. The molecular weight excluding hydrogens is 406 g/mol. The number of nitrogens with zero attached hydrogens (tertiary/aromatic N) is 2. The van der Waals surface area contributed by atoms with Crippen LogP contribution in [0.4, 0.5) is 0 Å². The van der Waals surface area contributed by atoms with Gasteiger partial charge in [-0.05, 0) is 42.7 Å². The van der Waals surface area contributed by atoms with Crippen molar-refractivity contribution in [2.24, 2.45) is 0 Å². The van der Waals surface area contributed by atoms with Crippen LogP contribution in [0.1, 0.15) is 29.0 Å². The summed E-state index contributed by atoms with van der Waals surface area (Å²) in [6, 6.07) is 9.99. The van der Waals surface area contributed by atoms with Crippen molar-refractivity contribution in [3.05, 3.63) is 60.1 Å². The van der Waals surface area contributed by atoms with E-state index >= 15 is 0 Å². The van der Waals surface area contributed by atoms with Crippen molar-refractivity contribution < 1.29 is 22.4 Å². The minimum atomic E-state index is -3.53. The van der Waals surface area contributed by atoms with E-state index in [1.807, 2.05) is 0 Å². The first-order valence-electron chi connectivity index (χ1n) is 9.71. The van der Waals surface area contributed by atoms with Gasteiger partial charge in [-0.2, -0.15) is 4.31 Å². The number of aromatic nitrogens is 1. The molecule has 0 saturated carbocycles. The number of piperidine rings is 1. The number of rotatable bonds is 6. The van der Waals surface area contributed by atoms with E-state index < -0.39 is 10.0 Å². The van der Waals surface area contributed by atoms with Crippen LogP contribution in [0.2, 0.25) is 0 Å². The molecule has 0 spiro atoms. The highest BCUT2D eigenvalue weighted by atomic mass is 32.2. The molecular formula is C21H23N3O5S. The Balaban J connectivity index is 1.38. The SMILES string of the molecule is COC1CCN(S(=O)(=O)c2ccc(CNC(=O)c3cc4ccncc4o3)cc2)CC1. The lowest BCUT2D eigenvalue weighted by Crippen LogP contribution is -2.40. The normalized spacial score (nSPS) is 16.0. The van der Waals surface area contributed by atoms with Crippen LogP contribution in [0, 0.1) is 0 Å². The fourth-order valence-corrected chi connectivity index (χ4v) is 4.97. The number of hydrogen-bond donors (Lipinski definition) is 1. The molecule has 0 radical (unpaired) electrons. The van der Waals surface area contributed by atoms with Gasteiger partial charge in [0.2, 0.25) is 10.0 Å². The largest absolute Gasteiger partial charge is 0.449 e. The summed E-state index contributed by atoms with van der Waals surface area (Å²) >= 11 is 0. The van der Waals surface area contributed by atoms with Crippen molar-refractivity contribution in [2.75, 3.05) is 20.2 Å². The van der Waals surface area contributed by atoms with Crippen LogP contribution in [0.15, 0.2) is 58.1 Å². The van der Waals surface area contributed by atoms with Gasteiger partial charge in [-0.3, -0.25) is 9.78 Å². The van der Waals surface area contributed by atoms with Crippen LogP contribution in [0.3, 0.4) is 0 Å². The van der Waals surface area contributed by atoms with Gasteiger partial charge in [-0.1, -0.05) is 12.1 Å². The number of methoxy groups -OCH3 is 1.